The first-order chi connectivity index (χ1) is 10.4. The second kappa shape index (κ2) is 7.14. The topological polar surface area (TPSA) is 26.0 Å². The number of rotatable bonds is 6. The molecular formula is C18H22F3N. The quantitative estimate of drug-likeness (QED) is 0.698. The van der Waals surface area contributed by atoms with Gasteiger partial charge in [0.05, 0.1) is 0 Å². The predicted octanol–water partition coefficient (Wildman–Crippen LogP) is 5.52. The van der Waals surface area contributed by atoms with E-state index in [1.165, 1.54) is 6.07 Å². The lowest BCUT2D eigenvalue weighted by atomic mass is 9.92. The lowest BCUT2D eigenvalue weighted by molar-refractivity contribution is -0.148. The zero-order valence-corrected chi connectivity index (χ0v) is 12.8. The summed E-state index contributed by atoms with van der Waals surface area (Å²) in [5, 5.41) is 1.50. The Morgan fingerprint density at radius 1 is 1.00 bits per heavy atom. The molecule has 0 aliphatic heterocycles. The summed E-state index contributed by atoms with van der Waals surface area (Å²) in [5.74, 6) is 0. The number of alkyl halides is 3. The van der Waals surface area contributed by atoms with E-state index in [2.05, 4.69) is 6.92 Å². The van der Waals surface area contributed by atoms with E-state index in [0.717, 1.165) is 43.1 Å². The Labute approximate surface area is 129 Å². The van der Waals surface area contributed by atoms with Crippen molar-refractivity contribution in [3.05, 3.63) is 47.5 Å². The van der Waals surface area contributed by atoms with Crippen molar-refractivity contribution < 1.29 is 13.2 Å². The van der Waals surface area contributed by atoms with Gasteiger partial charge in [-0.25, -0.2) is 0 Å². The van der Waals surface area contributed by atoms with Gasteiger partial charge in [-0.3, -0.25) is 0 Å². The van der Waals surface area contributed by atoms with Crippen LogP contribution in [0, 0.1) is 0 Å². The van der Waals surface area contributed by atoms with Crippen LogP contribution in [0.1, 0.15) is 49.8 Å². The molecule has 0 fully saturated rings. The summed E-state index contributed by atoms with van der Waals surface area (Å²) in [6.07, 6.45) is 0.741. The molecule has 2 N–H and O–H groups in total. The Bertz CT molecular complexity index is 614. The molecule has 22 heavy (non-hydrogen) atoms. The minimum Gasteiger partial charge on any atom is -0.316 e. The van der Waals surface area contributed by atoms with Crippen LogP contribution in [0.25, 0.3) is 10.8 Å². The van der Waals surface area contributed by atoms with Gasteiger partial charge in [-0.15, -0.1) is 0 Å². The first-order valence-corrected chi connectivity index (χ1v) is 7.78. The summed E-state index contributed by atoms with van der Waals surface area (Å²) in [6, 6.07) is 8.71. The van der Waals surface area contributed by atoms with Gasteiger partial charge in [-0.05, 0) is 34.7 Å². The number of unbranched alkanes of at least 4 members (excludes halogenated alkanes) is 3. The number of aryl methyl sites for hydroxylation is 1. The van der Waals surface area contributed by atoms with Gasteiger partial charge >= 0.3 is 6.18 Å². The lowest BCUT2D eigenvalue weighted by Crippen LogP contribution is -2.28. The van der Waals surface area contributed by atoms with Crippen molar-refractivity contribution in [3.63, 3.8) is 0 Å². The van der Waals surface area contributed by atoms with Gasteiger partial charge in [0.1, 0.15) is 6.04 Å². The van der Waals surface area contributed by atoms with Gasteiger partial charge < -0.3 is 5.73 Å². The first kappa shape index (κ1) is 16.8. The first-order valence-electron chi connectivity index (χ1n) is 7.78. The van der Waals surface area contributed by atoms with Crippen molar-refractivity contribution in [2.24, 2.45) is 5.73 Å². The second-order valence-corrected chi connectivity index (χ2v) is 5.69. The van der Waals surface area contributed by atoms with E-state index in [9.17, 15) is 13.2 Å². The van der Waals surface area contributed by atoms with E-state index in [-0.39, 0.29) is 5.56 Å². The minimum absolute atomic E-state index is 0.177. The van der Waals surface area contributed by atoms with E-state index in [1.807, 2.05) is 24.3 Å². The summed E-state index contributed by atoms with van der Waals surface area (Å²) >= 11 is 0. The molecule has 0 aliphatic rings. The molecule has 0 bridgehead atoms. The van der Waals surface area contributed by atoms with E-state index >= 15 is 0 Å². The maximum atomic E-state index is 13.0. The molecule has 0 aromatic heterocycles. The number of hydrogen-bond donors (Lipinski definition) is 1. The van der Waals surface area contributed by atoms with Gasteiger partial charge in [0, 0.05) is 0 Å². The Hall–Kier alpha value is -1.55. The highest BCUT2D eigenvalue weighted by Crippen LogP contribution is 2.36. The van der Waals surface area contributed by atoms with Crippen molar-refractivity contribution in [1.29, 1.82) is 0 Å². The highest BCUT2D eigenvalue weighted by atomic mass is 19.4. The summed E-state index contributed by atoms with van der Waals surface area (Å²) < 4.78 is 39.1. The van der Waals surface area contributed by atoms with E-state index in [4.69, 9.17) is 5.73 Å². The number of fused-ring (bicyclic) bond motifs is 1. The Kier molecular flexibility index (Phi) is 5.46. The van der Waals surface area contributed by atoms with Crippen LogP contribution < -0.4 is 5.73 Å². The van der Waals surface area contributed by atoms with Crippen LogP contribution in [0.2, 0.25) is 0 Å². The van der Waals surface area contributed by atoms with Crippen molar-refractivity contribution in [2.75, 3.05) is 0 Å². The molecule has 2 aromatic rings. The Balaban J connectivity index is 2.40. The molecular weight excluding hydrogens is 287 g/mol. The fraction of sp³-hybridized carbons (Fsp3) is 0.444. The molecule has 120 valence electrons. The molecule has 1 nitrogen and oxygen atoms in total. The molecule has 0 amide bonds. The Morgan fingerprint density at radius 3 is 2.32 bits per heavy atom. The SMILES string of the molecule is CCCCCCc1cccc2cccc([C@H](N)C(F)(F)F)c12. The lowest BCUT2D eigenvalue weighted by Gasteiger charge is -2.19. The molecule has 0 saturated carbocycles. The van der Waals surface area contributed by atoms with Crippen LogP contribution in [0.4, 0.5) is 13.2 Å². The summed E-state index contributed by atoms with van der Waals surface area (Å²) in [5.41, 5.74) is 6.60. The largest absolute Gasteiger partial charge is 0.407 e. The second-order valence-electron chi connectivity index (χ2n) is 5.69. The molecule has 0 radical (unpaired) electrons. The third-order valence-corrected chi connectivity index (χ3v) is 4.01. The van der Waals surface area contributed by atoms with Crippen LogP contribution in [0.15, 0.2) is 36.4 Å². The average Bonchev–Trinajstić information content (AvgIpc) is 2.49. The standard InChI is InChI=1S/C18H22F3N/c1-2-3-4-5-8-13-9-6-10-14-11-7-12-15(16(13)14)17(22)18(19,20)21/h6-7,9-12,17H,2-5,8,22H2,1H3/t17-/m0/s1. The third kappa shape index (κ3) is 3.80. The molecule has 0 heterocycles. The minimum atomic E-state index is -4.43. The average molecular weight is 309 g/mol. The Morgan fingerprint density at radius 2 is 1.68 bits per heavy atom. The van der Waals surface area contributed by atoms with Crippen LogP contribution in [-0.2, 0) is 6.42 Å². The maximum absolute atomic E-state index is 13.0. The molecule has 4 heteroatoms. The fourth-order valence-corrected chi connectivity index (χ4v) is 2.84. The van der Waals surface area contributed by atoms with E-state index in [1.54, 1.807) is 6.07 Å². The van der Waals surface area contributed by atoms with Crippen LogP contribution in [-0.4, -0.2) is 6.18 Å². The third-order valence-electron chi connectivity index (χ3n) is 4.01. The van der Waals surface area contributed by atoms with E-state index in [0.29, 0.717) is 5.39 Å². The van der Waals surface area contributed by atoms with E-state index < -0.39 is 12.2 Å². The highest BCUT2D eigenvalue weighted by molar-refractivity contribution is 5.89. The molecule has 0 aliphatic carbocycles. The molecule has 0 saturated heterocycles. The molecule has 2 rings (SSSR count). The molecule has 2 aromatic carbocycles. The van der Waals surface area contributed by atoms with Crippen molar-refractivity contribution >= 4 is 10.8 Å². The van der Waals surface area contributed by atoms with Gasteiger partial charge in [0.2, 0.25) is 0 Å². The monoisotopic (exact) mass is 309 g/mol. The van der Waals surface area contributed by atoms with Crippen LogP contribution in [0.3, 0.4) is 0 Å². The molecule has 0 unspecified atom stereocenters. The fourth-order valence-electron chi connectivity index (χ4n) is 2.84. The molecule has 0 spiro atoms. The van der Waals surface area contributed by atoms with Gasteiger partial charge in [-0.2, -0.15) is 13.2 Å². The van der Waals surface area contributed by atoms with Crippen LogP contribution in [0.5, 0.6) is 0 Å². The number of hydrogen-bond acceptors (Lipinski definition) is 1. The smallest absolute Gasteiger partial charge is 0.316 e. The summed E-state index contributed by atoms with van der Waals surface area (Å²) in [7, 11) is 0. The number of nitrogens with two attached hydrogens (primary N) is 1. The maximum Gasteiger partial charge on any atom is 0.407 e. The predicted molar refractivity (Wildman–Crippen MR) is 84.8 cm³/mol. The number of halogens is 3. The van der Waals surface area contributed by atoms with Gasteiger partial charge in [-0.1, -0.05) is 62.6 Å². The normalized spacial score (nSPS) is 13.5. The zero-order chi connectivity index (χ0) is 16.2. The van der Waals surface area contributed by atoms with Crippen molar-refractivity contribution in [3.8, 4) is 0 Å². The zero-order valence-electron chi connectivity index (χ0n) is 12.8. The van der Waals surface area contributed by atoms with Gasteiger partial charge in [0.25, 0.3) is 0 Å². The molecule has 1 atom stereocenters. The summed E-state index contributed by atoms with van der Waals surface area (Å²) in [4.78, 5) is 0. The highest BCUT2D eigenvalue weighted by Gasteiger charge is 2.38. The number of benzene rings is 2. The summed E-state index contributed by atoms with van der Waals surface area (Å²) in [6.45, 7) is 2.14. The van der Waals surface area contributed by atoms with Gasteiger partial charge in [0.15, 0.2) is 0 Å². The van der Waals surface area contributed by atoms with Crippen LogP contribution >= 0.6 is 0 Å². The van der Waals surface area contributed by atoms with Crippen molar-refractivity contribution in [2.45, 2.75) is 51.2 Å². The van der Waals surface area contributed by atoms with Crippen molar-refractivity contribution in [1.82, 2.24) is 0 Å².